The first-order chi connectivity index (χ1) is 17.7. The molecule has 2 N–H and O–H groups in total. The Balaban J connectivity index is 1.82. The van der Waals surface area contributed by atoms with E-state index in [1.165, 1.54) is 11.3 Å². The molecule has 0 saturated heterocycles. The summed E-state index contributed by atoms with van der Waals surface area (Å²) in [4.78, 5) is 29.0. The van der Waals surface area contributed by atoms with Crippen LogP contribution in [-0.4, -0.2) is 27.6 Å². The maximum atomic E-state index is 12.3. The normalized spacial score (nSPS) is 12.1. The average molecular weight is 513 g/mol. The van der Waals surface area contributed by atoms with Crippen molar-refractivity contribution < 1.29 is 19.4 Å². The van der Waals surface area contributed by atoms with Crippen LogP contribution in [0.15, 0.2) is 102 Å². The molecule has 0 aliphatic carbocycles. The highest BCUT2D eigenvalue weighted by atomic mass is 32.1. The Kier molecular flexibility index (Phi) is 7.55. The number of carboxylic acids is 1. The van der Waals surface area contributed by atoms with Crippen LogP contribution < -0.4 is 5.32 Å². The van der Waals surface area contributed by atoms with Crippen molar-refractivity contribution in [2.45, 2.75) is 31.9 Å². The molecule has 7 heteroatoms. The lowest BCUT2D eigenvalue weighted by atomic mass is 9.77. The van der Waals surface area contributed by atoms with E-state index in [-0.39, 0.29) is 11.3 Å². The summed E-state index contributed by atoms with van der Waals surface area (Å²) in [5.74, 6) is -2.00. The number of carbonyl (C=O) groups is 2. The summed E-state index contributed by atoms with van der Waals surface area (Å²) in [7, 11) is 0. The van der Waals surface area contributed by atoms with Crippen LogP contribution in [0.25, 0.3) is 5.57 Å². The third-order valence-corrected chi connectivity index (χ3v) is 6.35. The number of thiazole rings is 1. The number of hydrogen-bond acceptors (Lipinski definition) is 6. The third-order valence-electron chi connectivity index (χ3n) is 5.59. The molecular weight excluding hydrogens is 484 g/mol. The number of ether oxygens (including phenoxy) is 1. The van der Waals surface area contributed by atoms with Gasteiger partial charge in [-0.05, 0) is 37.5 Å². The maximum Gasteiger partial charge on any atom is 0.338 e. The van der Waals surface area contributed by atoms with Gasteiger partial charge in [0.05, 0.1) is 11.3 Å². The molecule has 0 saturated carbocycles. The van der Waals surface area contributed by atoms with Gasteiger partial charge in [0, 0.05) is 11.5 Å². The number of esters is 1. The van der Waals surface area contributed by atoms with E-state index in [0.29, 0.717) is 5.13 Å². The summed E-state index contributed by atoms with van der Waals surface area (Å²) in [6.45, 7) is 5.17. The zero-order chi connectivity index (χ0) is 26.5. The van der Waals surface area contributed by atoms with Crippen LogP contribution in [0.4, 0.5) is 5.13 Å². The number of aromatic nitrogens is 1. The van der Waals surface area contributed by atoms with E-state index < -0.39 is 23.1 Å². The highest BCUT2D eigenvalue weighted by Gasteiger charge is 2.37. The highest BCUT2D eigenvalue weighted by molar-refractivity contribution is 7.13. The molecule has 4 rings (SSSR count). The van der Waals surface area contributed by atoms with Gasteiger partial charge in [-0.2, -0.15) is 0 Å². The van der Waals surface area contributed by atoms with Gasteiger partial charge in [-0.3, -0.25) is 0 Å². The van der Waals surface area contributed by atoms with Crippen molar-refractivity contribution in [3.8, 4) is 0 Å². The van der Waals surface area contributed by atoms with E-state index in [1.807, 2.05) is 91.0 Å². The molecule has 0 fully saturated rings. The van der Waals surface area contributed by atoms with Gasteiger partial charge in [0.25, 0.3) is 0 Å². The number of rotatable bonds is 8. The van der Waals surface area contributed by atoms with Crippen molar-refractivity contribution >= 4 is 34.0 Å². The second kappa shape index (κ2) is 10.8. The first kappa shape index (κ1) is 25.9. The quantitative estimate of drug-likeness (QED) is 0.162. The van der Waals surface area contributed by atoms with E-state index >= 15 is 0 Å². The lowest BCUT2D eigenvalue weighted by Crippen LogP contribution is -2.38. The summed E-state index contributed by atoms with van der Waals surface area (Å²) in [5, 5.41) is 15.6. The second-order valence-electron chi connectivity index (χ2n) is 9.41. The molecule has 0 aliphatic rings. The van der Waals surface area contributed by atoms with E-state index in [4.69, 9.17) is 4.74 Å². The fraction of sp³-hybridized carbons (Fsp3) is 0.167. The fourth-order valence-corrected chi connectivity index (χ4v) is 4.86. The number of carbonyl (C=O) groups excluding carboxylic acids is 1. The number of hydrogen-bond donors (Lipinski definition) is 2. The van der Waals surface area contributed by atoms with Crippen molar-refractivity contribution in [2.24, 2.45) is 0 Å². The summed E-state index contributed by atoms with van der Waals surface area (Å²) in [6, 6.07) is 30.1. The summed E-state index contributed by atoms with van der Waals surface area (Å²) in [5.41, 5.74) is 1.37. The minimum atomic E-state index is -1.26. The maximum absolute atomic E-state index is 12.3. The van der Waals surface area contributed by atoms with Crippen LogP contribution in [-0.2, 0) is 19.9 Å². The molecule has 3 aromatic carbocycles. The molecule has 4 aromatic rings. The van der Waals surface area contributed by atoms with Crippen LogP contribution in [0, 0.1) is 0 Å². The Labute approximate surface area is 220 Å². The van der Waals surface area contributed by atoms with Gasteiger partial charge in [-0.15, -0.1) is 11.3 Å². The van der Waals surface area contributed by atoms with Crippen LogP contribution in [0.5, 0.6) is 0 Å². The Morgan fingerprint density at radius 3 is 1.70 bits per heavy atom. The molecule has 0 aliphatic heterocycles. The number of benzene rings is 3. The predicted octanol–water partition coefficient (Wildman–Crippen LogP) is 6.36. The minimum Gasteiger partial charge on any atom is -0.478 e. The molecule has 1 aromatic heterocycles. The fourth-order valence-electron chi connectivity index (χ4n) is 4.09. The Morgan fingerprint density at radius 1 is 0.838 bits per heavy atom. The molecule has 0 bridgehead atoms. The van der Waals surface area contributed by atoms with Gasteiger partial charge in [-0.1, -0.05) is 91.0 Å². The van der Waals surface area contributed by atoms with Gasteiger partial charge in [0.2, 0.25) is 0 Å². The minimum absolute atomic E-state index is 0.175. The smallest absolute Gasteiger partial charge is 0.338 e. The number of anilines is 1. The standard InChI is InChI=1S/C30H28N2O4S/c1-29(2,3)36-26(33)19-24(27(34)35)25-20-37-28(31-25)32-30(21-13-7-4-8-14-21,22-15-9-5-10-16-22)23-17-11-6-12-18-23/h4-20H,1-3H3,(H,31,32)(H,34,35)/b24-19-. The average Bonchev–Trinajstić information content (AvgIpc) is 3.34. The van der Waals surface area contributed by atoms with Gasteiger partial charge < -0.3 is 15.2 Å². The molecule has 0 spiro atoms. The first-order valence-corrected chi connectivity index (χ1v) is 12.7. The molecule has 188 valence electrons. The van der Waals surface area contributed by atoms with E-state index in [1.54, 1.807) is 26.2 Å². The largest absolute Gasteiger partial charge is 0.478 e. The number of nitrogens with one attached hydrogen (secondary N) is 1. The topological polar surface area (TPSA) is 88.5 Å². The third kappa shape index (κ3) is 5.95. The van der Waals surface area contributed by atoms with Gasteiger partial charge in [-0.25, -0.2) is 14.6 Å². The predicted molar refractivity (Wildman–Crippen MR) is 146 cm³/mol. The Hall–Kier alpha value is -4.23. The van der Waals surface area contributed by atoms with E-state index in [2.05, 4.69) is 10.3 Å². The van der Waals surface area contributed by atoms with Gasteiger partial charge >= 0.3 is 11.9 Å². The first-order valence-electron chi connectivity index (χ1n) is 11.8. The van der Waals surface area contributed by atoms with Crippen LogP contribution in [0.1, 0.15) is 43.2 Å². The molecule has 0 unspecified atom stereocenters. The molecule has 0 amide bonds. The SMILES string of the molecule is CC(C)(C)OC(=O)/C=C(\C(=O)O)c1csc(NC(c2ccccc2)(c2ccccc2)c2ccccc2)n1. The molecule has 0 atom stereocenters. The Bertz CT molecular complexity index is 1300. The zero-order valence-electron chi connectivity index (χ0n) is 20.8. The summed E-state index contributed by atoms with van der Waals surface area (Å²) >= 11 is 1.27. The number of carboxylic acid groups (broad SMARTS) is 1. The monoisotopic (exact) mass is 512 g/mol. The van der Waals surface area contributed by atoms with Crippen molar-refractivity contribution in [3.63, 3.8) is 0 Å². The van der Waals surface area contributed by atoms with Crippen molar-refractivity contribution in [1.82, 2.24) is 4.98 Å². The van der Waals surface area contributed by atoms with Crippen LogP contribution in [0.3, 0.4) is 0 Å². The van der Waals surface area contributed by atoms with Gasteiger partial charge in [0.1, 0.15) is 11.1 Å². The van der Waals surface area contributed by atoms with Crippen molar-refractivity contribution in [3.05, 3.63) is 125 Å². The lowest BCUT2D eigenvalue weighted by Gasteiger charge is -2.36. The second-order valence-corrected chi connectivity index (χ2v) is 10.3. The number of nitrogens with zero attached hydrogens (tertiary/aromatic N) is 1. The van der Waals surface area contributed by atoms with Crippen LogP contribution in [0.2, 0.25) is 0 Å². The van der Waals surface area contributed by atoms with Crippen molar-refractivity contribution in [2.75, 3.05) is 5.32 Å². The molecule has 6 nitrogen and oxygen atoms in total. The van der Waals surface area contributed by atoms with Crippen molar-refractivity contribution in [1.29, 1.82) is 0 Å². The van der Waals surface area contributed by atoms with Gasteiger partial charge in [0.15, 0.2) is 5.13 Å². The lowest BCUT2D eigenvalue weighted by molar-refractivity contribution is -0.148. The molecule has 37 heavy (non-hydrogen) atoms. The summed E-state index contributed by atoms with van der Waals surface area (Å²) < 4.78 is 5.28. The zero-order valence-corrected chi connectivity index (χ0v) is 21.7. The summed E-state index contributed by atoms with van der Waals surface area (Å²) in [6.07, 6.45) is 0.977. The van der Waals surface area contributed by atoms with Crippen LogP contribution >= 0.6 is 11.3 Å². The molecular formula is C30H28N2O4S. The molecule has 0 radical (unpaired) electrons. The Morgan fingerprint density at radius 2 is 1.30 bits per heavy atom. The highest BCUT2D eigenvalue weighted by Crippen LogP contribution is 2.40. The van der Waals surface area contributed by atoms with E-state index in [0.717, 1.165) is 22.8 Å². The molecule has 1 heterocycles. The van der Waals surface area contributed by atoms with E-state index in [9.17, 15) is 14.7 Å². The number of aliphatic carboxylic acids is 1.